The molecule has 0 aliphatic rings. The number of hydrogen-bond acceptors (Lipinski definition) is 2. The molecule has 0 fully saturated rings. The van der Waals surface area contributed by atoms with Gasteiger partial charge in [0.1, 0.15) is 5.75 Å². The van der Waals surface area contributed by atoms with E-state index in [1.807, 2.05) is 12.1 Å². The third-order valence-corrected chi connectivity index (χ3v) is 2.35. The molecule has 0 aliphatic carbocycles. The SMILES string of the molecule is CC(C)c1ccc(O)c(C(C)(C)O)c1. The summed E-state index contributed by atoms with van der Waals surface area (Å²) in [6.07, 6.45) is 0. The van der Waals surface area contributed by atoms with Gasteiger partial charge >= 0.3 is 0 Å². The molecule has 1 aromatic carbocycles. The Morgan fingerprint density at radius 3 is 2.21 bits per heavy atom. The zero-order chi connectivity index (χ0) is 10.9. The molecule has 0 bridgehead atoms. The van der Waals surface area contributed by atoms with Crippen LogP contribution in [0, 0.1) is 0 Å². The van der Waals surface area contributed by atoms with E-state index in [9.17, 15) is 10.2 Å². The predicted octanol–water partition coefficient (Wildman–Crippen LogP) is 2.74. The van der Waals surface area contributed by atoms with Crippen LogP contribution in [0.5, 0.6) is 5.75 Å². The van der Waals surface area contributed by atoms with E-state index in [2.05, 4.69) is 13.8 Å². The van der Waals surface area contributed by atoms with Crippen LogP contribution in [0.15, 0.2) is 18.2 Å². The molecule has 2 heteroatoms. The van der Waals surface area contributed by atoms with Crippen molar-refractivity contribution in [1.29, 1.82) is 0 Å². The lowest BCUT2D eigenvalue weighted by Gasteiger charge is -2.20. The Bertz CT molecular complexity index is 322. The molecule has 78 valence electrons. The standard InChI is InChI=1S/C12H18O2/c1-8(2)9-5-6-11(13)10(7-9)12(3,4)14/h5-8,13-14H,1-4H3. The summed E-state index contributed by atoms with van der Waals surface area (Å²) in [6.45, 7) is 7.51. The van der Waals surface area contributed by atoms with Crippen LogP contribution in [0.3, 0.4) is 0 Å². The minimum absolute atomic E-state index is 0.155. The minimum atomic E-state index is -0.991. The lowest BCUT2D eigenvalue weighted by atomic mass is 9.92. The Morgan fingerprint density at radius 2 is 1.79 bits per heavy atom. The summed E-state index contributed by atoms with van der Waals surface area (Å²) in [5, 5.41) is 19.4. The molecule has 0 radical (unpaired) electrons. The summed E-state index contributed by atoms with van der Waals surface area (Å²) in [4.78, 5) is 0. The number of aliphatic hydroxyl groups is 1. The van der Waals surface area contributed by atoms with E-state index in [4.69, 9.17) is 0 Å². The van der Waals surface area contributed by atoms with Crippen LogP contribution in [0.1, 0.15) is 44.7 Å². The van der Waals surface area contributed by atoms with E-state index in [1.165, 1.54) is 0 Å². The van der Waals surface area contributed by atoms with Crippen molar-refractivity contribution in [2.45, 2.75) is 39.2 Å². The molecule has 0 spiro atoms. The maximum Gasteiger partial charge on any atom is 0.121 e. The summed E-state index contributed by atoms with van der Waals surface area (Å²) in [7, 11) is 0. The van der Waals surface area contributed by atoms with E-state index < -0.39 is 5.60 Å². The molecule has 0 aromatic heterocycles. The topological polar surface area (TPSA) is 40.5 Å². The third-order valence-electron chi connectivity index (χ3n) is 2.35. The zero-order valence-corrected chi connectivity index (χ0v) is 9.20. The van der Waals surface area contributed by atoms with Gasteiger partial charge in [0.05, 0.1) is 5.60 Å². The number of benzene rings is 1. The highest BCUT2D eigenvalue weighted by Crippen LogP contribution is 2.31. The molecule has 14 heavy (non-hydrogen) atoms. The fourth-order valence-corrected chi connectivity index (χ4v) is 1.40. The van der Waals surface area contributed by atoms with Gasteiger partial charge in [-0.15, -0.1) is 0 Å². The average molecular weight is 194 g/mol. The van der Waals surface area contributed by atoms with Crippen molar-refractivity contribution in [3.63, 3.8) is 0 Å². The van der Waals surface area contributed by atoms with Crippen LogP contribution < -0.4 is 0 Å². The lowest BCUT2D eigenvalue weighted by Crippen LogP contribution is -2.16. The molecule has 0 saturated heterocycles. The highest BCUT2D eigenvalue weighted by molar-refractivity contribution is 5.40. The van der Waals surface area contributed by atoms with Gasteiger partial charge in [0, 0.05) is 5.56 Å². The molecule has 0 unspecified atom stereocenters. The fourth-order valence-electron chi connectivity index (χ4n) is 1.40. The summed E-state index contributed by atoms with van der Waals surface area (Å²) >= 11 is 0. The molecule has 2 N–H and O–H groups in total. The number of rotatable bonds is 2. The molecular weight excluding hydrogens is 176 g/mol. The van der Waals surface area contributed by atoms with Crippen LogP contribution in [0.25, 0.3) is 0 Å². The Hall–Kier alpha value is -1.02. The highest BCUT2D eigenvalue weighted by Gasteiger charge is 2.20. The molecule has 0 atom stereocenters. The van der Waals surface area contributed by atoms with Crippen LogP contribution in [0.4, 0.5) is 0 Å². The Kier molecular flexibility index (Phi) is 2.86. The maximum absolute atomic E-state index is 9.82. The first-order valence-corrected chi connectivity index (χ1v) is 4.88. The van der Waals surface area contributed by atoms with Crippen molar-refractivity contribution < 1.29 is 10.2 Å². The van der Waals surface area contributed by atoms with Crippen molar-refractivity contribution in [3.8, 4) is 5.75 Å². The zero-order valence-electron chi connectivity index (χ0n) is 9.20. The van der Waals surface area contributed by atoms with E-state index >= 15 is 0 Å². The van der Waals surface area contributed by atoms with Gasteiger partial charge in [-0.3, -0.25) is 0 Å². The largest absolute Gasteiger partial charge is 0.508 e. The van der Waals surface area contributed by atoms with Crippen molar-refractivity contribution >= 4 is 0 Å². The Balaban J connectivity index is 3.22. The van der Waals surface area contributed by atoms with E-state index in [-0.39, 0.29) is 5.75 Å². The highest BCUT2D eigenvalue weighted by atomic mass is 16.3. The van der Waals surface area contributed by atoms with E-state index in [0.717, 1.165) is 5.56 Å². The van der Waals surface area contributed by atoms with Gasteiger partial charge in [0.15, 0.2) is 0 Å². The predicted molar refractivity (Wildman–Crippen MR) is 57.4 cm³/mol. The second-order valence-electron chi connectivity index (χ2n) is 4.49. The maximum atomic E-state index is 9.82. The van der Waals surface area contributed by atoms with Crippen molar-refractivity contribution in [2.24, 2.45) is 0 Å². The lowest BCUT2D eigenvalue weighted by molar-refractivity contribution is 0.0757. The van der Waals surface area contributed by atoms with Crippen molar-refractivity contribution in [2.75, 3.05) is 0 Å². The molecule has 0 aliphatic heterocycles. The van der Waals surface area contributed by atoms with E-state index in [0.29, 0.717) is 11.5 Å². The summed E-state index contributed by atoms with van der Waals surface area (Å²) in [5.74, 6) is 0.554. The van der Waals surface area contributed by atoms with Crippen molar-refractivity contribution in [3.05, 3.63) is 29.3 Å². The quantitative estimate of drug-likeness (QED) is 0.760. The molecule has 1 aromatic rings. The van der Waals surface area contributed by atoms with Gasteiger partial charge < -0.3 is 10.2 Å². The smallest absolute Gasteiger partial charge is 0.121 e. The first-order valence-electron chi connectivity index (χ1n) is 4.88. The Morgan fingerprint density at radius 1 is 1.21 bits per heavy atom. The molecular formula is C12H18O2. The van der Waals surface area contributed by atoms with Crippen LogP contribution in [-0.2, 0) is 5.60 Å². The van der Waals surface area contributed by atoms with Gasteiger partial charge in [-0.25, -0.2) is 0 Å². The second-order valence-corrected chi connectivity index (χ2v) is 4.49. The van der Waals surface area contributed by atoms with Crippen LogP contribution in [-0.4, -0.2) is 10.2 Å². The van der Waals surface area contributed by atoms with E-state index in [1.54, 1.807) is 19.9 Å². The minimum Gasteiger partial charge on any atom is -0.508 e. The van der Waals surface area contributed by atoms with Crippen LogP contribution in [0.2, 0.25) is 0 Å². The monoisotopic (exact) mass is 194 g/mol. The summed E-state index contributed by atoms with van der Waals surface area (Å²) < 4.78 is 0. The van der Waals surface area contributed by atoms with Crippen LogP contribution >= 0.6 is 0 Å². The number of phenolic OH excluding ortho intramolecular Hbond substituents is 1. The van der Waals surface area contributed by atoms with Gasteiger partial charge in [0.2, 0.25) is 0 Å². The van der Waals surface area contributed by atoms with Gasteiger partial charge in [0.25, 0.3) is 0 Å². The van der Waals surface area contributed by atoms with Gasteiger partial charge in [-0.2, -0.15) is 0 Å². The number of aromatic hydroxyl groups is 1. The fraction of sp³-hybridized carbons (Fsp3) is 0.500. The second kappa shape index (κ2) is 3.62. The normalized spacial score (nSPS) is 12.1. The van der Waals surface area contributed by atoms with Gasteiger partial charge in [-0.1, -0.05) is 19.9 Å². The first-order chi connectivity index (χ1) is 6.32. The number of phenols is 1. The average Bonchev–Trinajstić information content (AvgIpc) is 2.02. The Labute approximate surface area is 85.2 Å². The summed E-state index contributed by atoms with van der Waals surface area (Å²) in [5.41, 5.74) is 0.721. The molecule has 0 heterocycles. The third kappa shape index (κ3) is 2.26. The molecule has 2 nitrogen and oxygen atoms in total. The molecule has 1 rings (SSSR count). The number of hydrogen-bond donors (Lipinski definition) is 2. The van der Waals surface area contributed by atoms with Gasteiger partial charge in [-0.05, 0) is 37.5 Å². The first kappa shape index (κ1) is 11.1. The van der Waals surface area contributed by atoms with Crippen molar-refractivity contribution in [1.82, 2.24) is 0 Å². The molecule has 0 amide bonds. The molecule has 0 saturated carbocycles. The summed E-state index contributed by atoms with van der Waals surface area (Å²) in [6, 6.07) is 5.39.